The van der Waals surface area contributed by atoms with Gasteiger partial charge in [0, 0.05) is 12.8 Å². The molecule has 0 rings (SSSR count). The van der Waals surface area contributed by atoms with Crippen LogP contribution in [0, 0.1) is 0 Å². The molecule has 0 saturated heterocycles. The first-order valence-electron chi connectivity index (χ1n) is 25.1. The van der Waals surface area contributed by atoms with Gasteiger partial charge < -0.3 is 20.3 Å². The largest absolute Gasteiger partial charge is 0.466 e. The normalized spacial score (nSPS) is 12.8. The third kappa shape index (κ3) is 43.7. The van der Waals surface area contributed by atoms with E-state index in [1.807, 2.05) is 6.08 Å². The van der Waals surface area contributed by atoms with Crippen molar-refractivity contribution in [1.82, 2.24) is 5.32 Å². The van der Waals surface area contributed by atoms with Gasteiger partial charge in [-0.3, -0.25) is 9.59 Å². The van der Waals surface area contributed by atoms with Gasteiger partial charge in [0.25, 0.3) is 0 Å². The Bertz CT molecular complexity index is 889. The monoisotopic (exact) mass is 804 g/mol. The molecule has 2 unspecified atom stereocenters. The molecule has 0 aromatic rings. The van der Waals surface area contributed by atoms with Gasteiger partial charge in [-0.2, -0.15) is 0 Å². The van der Waals surface area contributed by atoms with Crippen LogP contribution in [0.5, 0.6) is 0 Å². The SMILES string of the molecule is CCCCCCCCC/C=C\CCCCCCCC(=O)OCCCCCCCCCCCCCC(=O)NC(CO)C(O)/C=C/CCCCCCCCCCCCC. The van der Waals surface area contributed by atoms with Gasteiger partial charge >= 0.3 is 5.97 Å². The van der Waals surface area contributed by atoms with Gasteiger partial charge in [-0.15, -0.1) is 0 Å². The van der Waals surface area contributed by atoms with Gasteiger partial charge in [0.05, 0.1) is 25.4 Å². The maximum Gasteiger partial charge on any atom is 0.305 e. The van der Waals surface area contributed by atoms with Crippen molar-refractivity contribution < 1.29 is 24.5 Å². The van der Waals surface area contributed by atoms with E-state index in [0.29, 0.717) is 19.4 Å². The molecule has 0 heterocycles. The fourth-order valence-corrected chi connectivity index (χ4v) is 7.57. The molecule has 336 valence electrons. The van der Waals surface area contributed by atoms with Crippen molar-refractivity contribution in [3.8, 4) is 0 Å². The molecule has 0 aliphatic carbocycles. The summed E-state index contributed by atoms with van der Waals surface area (Å²) in [6.07, 6.45) is 54.5. The lowest BCUT2D eigenvalue weighted by atomic mass is 10.0. The van der Waals surface area contributed by atoms with Crippen molar-refractivity contribution >= 4 is 11.9 Å². The second-order valence-electron chi connectivity index (χ2n) is 17.1. The number of unbranched alkanes of at least 4 members (excludes halogenated alkanes) is 33. The number of carbonyl (C=O) groups excluding carboxylic acids is 2. The highest BCUT2D eigenvalue weighted by Gasteiger charge is 2.18. The predicted octanol–water partition coefficient (Wildman–Crippen LogP) is 14.7. The number of allylic oxidation sites excluding steroid dienone is 3. The van der Waals surface area contributed by atoms with Crippen molar-refractivity contribution in [2.45, 2.75) is 276 Å². The van der Waals surface area contributed by atoms with Crippen LogP contribution >= 0.6 is 0 Å². The zero-order valence-electron chi connectivity index (χ0n) is 38.1. The zero-order chi connectivity index (χ0) is 41.5. The van der Waals surface area contributed by atoms with E-state index in [2.05, 4.69) is 31.3 Å². The van der Waals surface area contributed by atoms with Crippen LogP contribution in [0.2, 0.25) is 0 Å². The van der Waals surface area contributed by atoms with Gasteiger partial charge in [0.1, 0.15) is 0 Å². The number of amides is 1. The Morgan fingerprint density at radius 1 is 0.474 bits per heavy atom. The number of aliphatic hydroxyl groups excluding tert-OH is 2. The van der Waals surface area contributed by atoms with E-state index in [4.69, 9.17) is 4.74 Å². The summed E-state index contributed by atoms with van der Waals surface area (Å²) in [6, 6.07) is -0.641. The molecule has 0 aromatic heterocycles. The van der Waals surface area contributed by atoms with Crippen LogP contribution in [0.4, 0.5) is 0 Å². The lowest BCUT2D eigenvalue weighted by Gasteiger charge is -2.20. The van der Waals surface area contributed by atoms with Crippen molar-refractivity contribution in [3.63, 3.8) is 0 Å². The molecule has 57 heavy (non-hydrogen) atoms. The number of aliphatic hydroxyl groups is 2. The fourth-order valence-electron chi connectivity index (χ4n) is 7.57. The number of ether oxygens (including phenoxy) is 1. The summed E-state index contributed by atoms with van der Waals surface area (Å²) in [7, 11) is 0. The molecule has 0 spiro atoms. The van der Waals surface area contributed by atoms with Crippen LogP contribution < -0.4 is 5.32 Å². The fraction of sp³-hybridized carbons (Fsp3) is 0.882. The molecule has 3 N–H and O–H groups in total. The van der Waals surface area contributed by atoms with E-state index in [9.17, 15) is 19.8 Å². The lowest BCUT2D eigenvalue weighted by Crippen LogP contribution is -2.45. The number of hydrogen-bond acceptors (Lipinski definition) is 5. The highest BCUT2D eigenvalue weighted by Crippen LogP contribution is 2.15. The van der Waals surface area contributed by atoms with Crippen LogP contribution in [0.25, 0.3) is 0 Å². The maximum absolute atomic E-state index is 12.4. The quantitative estimate of drug-likeness (QED) is 0.0324. The minimum Gasteiger partial charge on any atom is -0.466 e. The Balaban J connectivity index is 3.50. The van der Waals surface area contributed by atoms with E-state index in [1.54, 1.807) is 6.08 Å². The molecule has 0 saturated carbocycles. The second kappa shape index (κ2) is 47.0. The Hall–Kier alpha value is -1.66. The van der Waals surface area contributed by atoms with Crippen LogP contribution in [0.3, 0.4) is 0 Å². The Morgan fingerprint density at radius 2 is 0.825 bits per heavy atom. The first kappa shape index (κ1) is 55.3. The van der Waals surface area contributed by atoms with Crippen LogP contribution in [-0.2, 0) is 14.3 Å². The summed E-state index contributed by atoms with van der Waals surface area (Å²) in [6.45, 7) is 4.85. The first-order chi connectivity index (χ1) is 28.0. The molecule has 0 fully saturated rings. The Morgan fingerprint density at radius 3 is 1.25 bits per heavy atom. The minimum absolute atomic E-state index is 0.0232. The van der Waals surface area contributed by atoms with E-state index < -0.39 is 12.1 Å². The van der Waals surface area contributed by atoms with E-state index in [0.717, 1.165) is 57.8 Å². The van der Waals surface area contributed by atoms with Crippen molar-refractivity contribution in [1.29, 1.82) is 0 Å². The number of rotatable bonds is 46. The van der Waals surface area contributed by atoms with Gasteiger partial charge in [0.2, 0.25) is 5.91 Å². The molecule has 2 atom stereocenters. The Labute approximate surface area is 354 Å². The summed E-state index contributed by atoms with van der Waals surface area (Å²) in [5.74, 6) is -0.111. The van der Waals surface area contributed by atoms with Crippen LogP contribution in [0.1, 0.15) is 264 Å². The van der Waals surface area contributed by atoms with Crippen molar-refractivity contribution in [2.24, 2.45) is 0 Å². The lowest BCUT2D eigenvalue weighted by molar-refractivity contribution is -0.143. The average molecular weight is 804 g/mol. The predicted molar refractivity (Wildman–Crippen MR) is 246 cm³/mol. The van der Waals surface area contributed by atoms with Crippen molar-refractivity contribution in [2.75, 3.05) is 13.2 Å². The minimum atomic E-state index is -0.855. The molecular formula is C51H97NO5. The number of carbonyl (C=O) groups is 2. The third-order valence-corrected chi connectivity index (χ3v) is 11.5. The van der Waals surface area contributed by atoms with Gasteiger partial charge in [-0.25, -0.2) is 0 Å². The highest BCUT2D eigenvalue weighted by molar-refractivity contribution is 5.76. The summed E-state index contributed by atoms with van der Waals surface area (Å²) in [4.78, 5) is 24.4. The maximum atomic E-state index is 12.4. The second-order valence-corrected chi connectivity index (χ2v) is 17.1. The van der Waals surface area contributed by atoms with E-state index in [-0.39, 0.29) is 18.5 Å². The van der Waals surface area contributed by atoms with Crippen LogP contribution in [-0.4, -0.2) is 47.4 Å². The summed E-state index contributed by atoms with van der Waals surface area (Å²) in [5, 5.41) is 23.0. The molecule has 6 heteroatoms. The summed E-state index contributed by atoms with van der Waals surface area (Å²) in [5.41, 5.74) is 0. The van der Waals surface area contributed by atoms with E-state index >= 15 is 0 Å². The number of hydrogen-bond donors (Lipinski definition) is 3. The zero-order valence-corrected chi connectivity index (χ0v) is 38.1. The van der Waals surface area contributed by atoms with Crippen LogP contribution in [0.15, 0.2) is 24.3 Å². The standard InChI is InChI=1S/C51H97NO5/c1-3-5-7-9-11-13-15-17-18-19-21-25-29-33-37-41-45-51(56)57-46-42-38-34-30-26-22-24-28-32-36-40-44-50(55)52-48(47-53)49(54)43-39-35-31-27-23-20-16-14-12-10-8-6-4-2/h18-19,39,43,48-49,53-54H,3-17,20-38,40-42,44-47H2,1-2H3,(H,52,55)/b19-18-,43-39+. The Kier molecular flexibility index (Phi) is 45.7. The first-order valence-corrected chi connectivity index (χ1v) is 25.1. The number of nitrogens with one attached hydrogen (secondary N) is 1. The average Bonchev–Trinajstić information content (AvgIpc) is 3.21. The molecule has 0 aromatic carbocycles. The topological polar surface area (TPSA) is 95.9 Å². The smallest absolute Gasteiger partial charge is 0.305 e. The number of esters is 1. The molecule has 0 radical (unpaired) electrons. The summed E-state index contributed by atoms with van der Waals surface area (Å²) < 4.78 is 5.45. The summed E-state index contributed by atoms with van der Waals surface area (Å²) >= 11 is 0. The molecule has 0 aliphatic rings. The third-order valence-electron chi connectivity index (χ3n) is 11.5. The molecule has 0 aliphatic heterocycles. The highest BCUT2D eigenvalue weighted by atomic mass is 16.5. The molecular weight excluding hydrogens is 707 g/mol. The van der Waals surface area contributed by atoms with Gasteiger partial charge in [-0.05, 0) is 57.8 Å². The molecule has 6 nitrogen and oxygen atoms in total. The van der Waals surface area contributed by atoms with Crippen molar-refractivity contribution in [3.05, 3.63) is 24.3 Å². The van der Waals surface area contributed by atoms with Gasteiger partial charge in [0.15, 0.2) is 0 Å². The van der Waals surface area contributed by atoms with Gasteiger partial charge in [-0.1, -0.05) is 218 Å². The molecule has 0 bridgehead atoms. The van der Waals surface area contributed by atoms with E-state index in [1.165, 1.54) is 180 Å². The molecule has 1 amide bonds.